The van der Waals surface area contributed by atoms with E-state index in [4.69, 9.17) is 0 Å². The maximum absolute atomic E-state index is 13.3. The van der Waals surface area contributed by atoms with Gasteiger partial charge in [0, 0.05) is 31.2 Å². The summed E-state index contributed by atoms with van der Waals surface area (Å²) in [4.78, 5) is 29.9. The van der Waals surface area contributed by atoms with Crippen LogP contribution in [0.4, 0.5) is 5.69 Å². The van der Waals surface area contributed by atoms with Crippen molar-refractivity contribution in [2.45, 2.75) is 39.0 Å². The number of rotatable bonds is 3. The van der Waals surface area contributed by atoms with E-state index in [1.807, 2.05) is 21.9 Å². The van der Waals surface area contributed by atoms with Gasteiger partial charge in [0.05, 0.1) is 5.41 Å². The minimum atomic E-state index is -0.515. The fourth-order valence-electron chi connectivity index (χ4n) is 4.44. The topological polar surface area (TPSA) is 40.6 Å². The van der Waals surface area contributed by atoms with Gasteiger partial charge >= 0.3 is 0 Å². The summed E-state index contributed by atoms with van der Waals surface area (Å²) in [5.41, 5.74) is 1.65. The summed E-state index contributed by atoms with van der Waals surface area (Å²) in [7, 11) is 0. The van der Waals surface area contributed by atoms with Gasteiger partial charge < -0.3 is 9.80 Å². The van der Waals surface area contributed by atoms with Crippen LogP contribution in [0.3, 0.4) is 0 Å². The number of anilines is 1. The summed E-state index contributed by atoms with van der Waals surface area (Å²) in [6.07, 6.45) is 1.76. The number of fused-ring (bicyclic) bond motifs is 2. The Morgan fingerprint density at radius 1 is 1.33 bits per heavy atom. The summed E-state index contributed by atoms with van der Waals surface area (Å²) in [6.45, 7) is 8.41. The van der Waals surface area contributed by atoms with Gasteiger partial charge in [0.1, 0.15) is 0 Å². The summed E-state index contributed by atoms with van der Waals surface area (Å²) >= 11 is 0. The molecule has 1 aliphatic carbocycles. The molecule has 2 amide bonds. The second-order valence-electron chi connectivity index (χ2n) is 8.24. The second-order valence-corrected chi connectivity index (χ2v) is 8.24. The SMILES string of the molecule is CC(C)CN1C(=O)C2(CCN(C(=O)C3CC3C)C2)c2ccccc21. The van der Waals surface area contributed by atoms with E-state index in [0.717, 1.165) is 30.6 Å². The van der Waals surface area contributed by atoms with Gasteiger partial charge in [-0.1, -0.05) is 39.0 Å². The van der Waals surface area contributed by atoms with Gasteiger partial charge in [-0.25, -0.2) is 0 Å². The molecule has 24 heavy (non-hydrogen) atoms. The van der Waals surface area contributed by atoms with Crippen LogP contribution in [0.1, 0.15) is 39.2 Å². The van der Waals surface area contributed by atoms with Crippen LogP contribution in [-0.4, -0.2) is 36.3 Å². The summed E-state index contributed by atoms with van der Waals surface area (Å²) < 4.78 is 0. The van der Waals surface area contributed by atoms with Crippen molar-refractivity contribution < 1.29 is 9.59 Å². The predicted octanol–water partition coefficient (Wildman–Crippen LogP) is 2.82. The van der Waals surface area contributed by atoms with Crippen molar-refractivity contribution in [3.63, 3.8) is 0 Å². The molecule has 1 saturated heterocycles. The maximum Gasteiger partial charge on any atom is 0.239 e. The van der Waals surface area contributed by atoms with Crippen LogP contribution in [0.2, 0.25) is 0 Å². The van der Waals surface area contributed by atoms with Crippen molar-refractivity contribution in [1.29, 1.82) is 0 Å². The van der Waals surface area contributed by atoms with E-state index in [9.17, 15) is 9.59 Å². The van der Waals surface area contributed by atoms with Crippen LogP contribution in [0, 0.1) is 17.8 Å². The molecule has 0 aromatic heterocycles. The fraction of sp³-hybridized carbons (Fsp3) is 0.600. The van der Waals surface area contributed by atoms with Crippen LogP contribution >= 0.6 is 0 Å². The van der Waals surface area contributed by atoms with Crippen LogP contribution in [-0.2, 0) is 15.0 Å². The highest BCUT2D eigenvalue weighted by Gasteiger charge is 2.56. The number of carbonyl (C=O) groups excluding carboxylic acids is 2. The number of likely N-dealkylation sites (tertiary alicyclic amines) is 1. The van der Waals surface area contributed by atoms with Crippen LogP contribution in [0.25, 0.3) is 0 Å². The molecule has 1 aromatic carbocycles. The first-order valence-corrected chi connectivity index (χ1v) is 9.14. The van der Waals surface area contributed by atoms with Crippen LogP contribution in [0.15, 0.2) is 24.3 Å². The van der Waals surface area contributed by atoms with E-state index in [1.54, 1.807) is 0 Å². The molecule has 3 atom stereocenters. The minimum absolute atomic E-state index is 0.191. The Morgan fingerprint density at radius 2 is 2.04 bits per heavy atom. The van der Waals surface area contributed by atoms with Crippen molar-refractivity contribution in [3.05, 3.63) is 29.8 Å². The molecule has 1 saturated carbocycles. The van der Waals surface area contributed by atoms with E-state index in [1.165, 1.54) is 0 Å². The number of nitrogens with zero attached hydrogens (tertiary/aromatic N) is 2. The van der Waals surface area contributed by atoms with Crippen molar-refractivity contribution >= 4 is 17.5 Å². The Labute approximate surface area is 143 Å². The molecule has 1 aromatic rings. The quantitative estimate of drug-likeness (QED) is 0.857. The third-order valence-corrected chi connectivity index (χ3v) is 5.92. The lowest BCUT2D eigenvalue weighted by Gasteiger charge is -2.25. The third-order valence-electron chi connectivity index (χ3n) is 5.92. The first kappa shape index (κ1) is 15.7. The smallest absolute Gasteiger partial charge is 0.239 e. The first-order valence-electron chi connectivity index (χ1n) is 9.14. The number of amides is 2. The Bertz CT molecular complexity index is 699. The number of carbonyl (C=O) groups is 2. The highest BCUT2D eigenvalue weighted by atomic mass is 16.2. The lowest BCUT2D eigenvalue weighted by Crippen LogP contribution is -2.44. The van der Waals surface area contributed by atoms with E-state index in [-0.39, 0.29) is 17.7 Å². The van der Waals surface area contributed by atoms with Gasteiger partial charge in [0.15, 0.2) is 0 Å². The summed E-state index contributed by atoms with van der Waals surface area (Å²) in [5, 5.41) is 0. The number of hydrogen-bond acceptors (Lipinski definition) is 2. The molecule has 3 unspecified atom stereocenters. The van der Waals surface area contributed by atoms with E-state index >= 15 is 0 Å². The predicted molar refractivity (Wildman–Crippen MR) is 93.8 cm³/mol. The van der Waals surface area contributed by atoms with Crippen molar-refractivity contribution in [3.8, 4) is 0 Å². The molecule has 2 heterocycles. The van der Waals surface area contributed by atoms with Crippen molar-refractivity contribution in [1.82, 2.24) is 4.90 Å². The summed E-state index contributed by atoms with van der Waals surface area (Å²) in [5.74, 6) is 1.57. The molecule has 1 spiro atoms. The zero-order chi connectivity index (χ0) is 17.1. The molecule has 2 fully saturated rings. The third kappa shape index (κ3) is 2.19. The molecular formula is C20H26N2O2. The fourth-order valence-corrected chi connectivity index (χ4v) is 4.44. The van der Waals surface area contributed by atoms with Crippen LogP contribution in [0.5, 0.6) is 0 Å². The lowest BCUT2D eigenvalue weighted by molar-refractivity contribution is -0.132. The number of para-hydroxylation sites is 1. The Hall–Kier alpha value is -1.84. The second kappa shape index (κ2) is 5.33. The lowest BCUT2D eigenvalue weighted by atomic mass is 9.81. The molecule has 2 aliphatic heterocycles. The molecular weight excluding hydrogens is 300 g/mol. The average Bonchev–Trinajstić information content (AvgIpc) is 3.05. The monoisotopic (exact) mass is 326 g/mol. The zero-order valence-electron chi connectivity index (χ0n) is 14.8. The zero-order valence-corrected chi connectivity index (χ0v) is 14.8. The van der Waals surface area contributed by atoms with E-state index in [2.05, 4.69) is 32.9 Å². The molecule has 0 bridgehead atoms. The normalized spacial score (nSPS) is 31.2. The molecule has 4 nitrogen and oxygen atoms in total. The van der Waals surface area contributed by atoms with Crippen LogP contribution < -0.4 is 4.90 Å². The molecule has 4 rings (SSSR count). The Balaban J connectivity index is 1.65. The van der Waals surface area contributed by atoms with Gasteiger partial charge in [0.25, 0.3) is 0 Å². The summed E-state index contributed by atoms with van der Waals surface area (Å²) in [6, 6.07) is 8.15. The molecule has 0 N–H and O–H groups in total. The first-order chi connectivity index (χ1) is 11.4. The average molecular weight is 326 g/mol. The maximum atomic E-state index is 13.3. The minimum Gasteiger partial charge on any atom is -0.341 e. The Morgan fingerprint density at radius 3 is 2.71 bits per heavy atom. The number of hydrogen-bond donors (Lipinski definition) is 0. The standard InChI is InChI=1S/C20H26N2O2/c1-13(2)11-22-17-7-5-4-6-16(17)20(19(22)24)8-9-21(12-20)18(23)15-10-14(15)3/h4-7,13-15H,8-12H2,1-3H3. The van der Waals surface area contributed by atoms with Gasteiger partial charge in [-0.15, -0.1) is 0 Å². The molecule has 3 aliphatic rings. The number of benzene rings is 1. The largest absolute Gasteiger partial charge is 0.341 e. The van der Waals surface area contributed by atoms with Crippen molar-refractivity contribution in [2.75, 3.05) is 24.5 Å². The van der Waals surface area contributed by atoms with E-state index < -0.39 is 5.41 Å². The van der Waals surface area contributed by atoms with Gasteiger partial charge in [-0.05, 0) is 36.3 Å². The van der Waals surface area contributed by atoms with E-state index in [0.29, 0.717) is 24.9 Å². The highest BCUT2D eigenvalue weighted by Crippen LogP contribution is 2.49. The van der Waals surface area contributed by atoms with Gasteiger partial charge in [0.2, 0.25) is 11.8 Å². The highest BCUT2D eigenvalue weighted by molar-refractivity contribution is 6.09. The Kier molecular flexibility index (Phi) is 3.48. The molecule has 128 valence electrons. The van der Waals surface area contributed by atoms with Gasteiger partial charge in [-0.2, -0.15) is 0 Å². The molecule has 4 heteroatoms. The molecule has 0 radical (unpaired) electrons. The van der Waals surface area contributed by atoms with Crippen molar-refractivity contribution in [2.24, 2.45) is 17.8 Å². The van der Waals surface area contributed by atoms with Gasteiger partial charge in [-0.3, -0.25) is 9.59 Å².